The van der Waals surface area contributed by atoms with Crippen LogP contribution in [0.25, 0.3) is 0 Å². The summed E-state index contributed by atoms with van der Waals surface area (Å²) in [7, 11) is 0. The SMILES string of the molecule is CCOc1cccc(C(N)c2cc(Cl)cc(Br)c2)c1. The van der Waals surface area contributed by atoms with Crippen LogP contribution in [0.3, 0.4) is 0 Å². The van der Waals surface area contributed by atoms with Gasteiger partial charge >= 0.3 is 0 Å². The van der Waals surface area contributed by atoms with Gasteiger partial charge in [0.05, 0.1) is 12.6 Å². The Morgan fingerprint density at radius 2 is 2.00 bits per heavy atom. The molecular weight excluding hydrogens is 326 g/mol. The maximum Gasteiger partial charge on any atom is 0.119 e. The van der Waals surface area contributed by atoms with E-state index in [1.165, 1.54) is 0 Å². The van der Waals surface area contributed by atoms with Crippen molar-refractivity contribution in [3.05, 3.63) is 63.1 Å². The molecule has 0 heterocycles. The Balaban J connectivity index is 2.32. The summed E-state index contributed by atoms with van der Waals surface area (Å²) < 4.78 is 6.41. The van der Waals surface area contributed by atoms with Crippen LogP contribution >= 0.6 is 27.5 Å². The fourth-order valence-corrected chi connectivity index (χ4v) is 2.80. The second-order valence-corrected chi connectivity index (χ2v) is 5.54. The van der Waals surface area contributed by atoms with E-state index in [9.17, 15) is 0 Å². The summed E-state index contributed by atoms with van der Waals surface area (Å²) in [6.45, 7) is 2.60. The first-order valence-electron chi connectivity index (χ1n) is 6.04. The molecule has 0 aliphatic rings. The van der Waals surface area contributed by atoms with E-state index in [0.717, 1.165) is 21.3 Å². The van der Waals surface area contributed by atoms with E-state index in [2.05, 4.69) is 15.9 Å². The molecule has 4 heteroatoms. The summed E-state index contributed by atoms with van der Waals surface area (Å²) in [5.74, 6) is 0.830. The topological polar surface area (TPSA) is 35.2 Å². The van der Waals surface area contributed by atoms with Crippen LogP contribution in [0.15, 0.2) is 46.9 Å². The molecule has 2 aromatic rings. The number of nitrogens with two attached hydrogens (primary N) is 1. The molecule has 2 N–H and O–H groups in total. The van der Waals surface area contributed by atoms with Crippen LogP contribution in [0, 0.1) is 0 Å². The molecule has 0 fully saturated rings. The normalized spacial score (nSPS) is 12.2. The summed E-state index contributed by atoms with van der Waals surface area (Å²) in [5.41, 5.74) is 8.25. The predicted molar refractivity (Wildman–Crippen MR) is 82.8 cm³/mol. The number of rotatable bonds is 4. The van der Waals surface area contributed by atoms with Crippen molar-refractivity contribution >= 4 is 27.5 Å². The van der Waals surface area contributed by atoms with Crippen molar-refractivity contribution in [2.75, 3.05) is 6.61 Å². The smallest absolute Gasteiger partial charge is 0.119 e. The highest BCUT2D eigenvalue weighted by Crippen LogP contribution is 2.28. The lowest BCUT2D eigenvalue weighted by Crippen LogP contribution is -2.12. The van der Waals surface area contributed by atoms with E-state index in [-0.39, 0.29) is 6.04 Å². The van der Waals surface area contributed by atoms with Crippen molar-refractivity contribution in [2.45, 2.75) is 13.0 Å². The highest BCUT2D eigenvalue weighted by molar-refractivity contribution is 9.10. The minimum absolute atomic E-state index is 0.226. The number of ether oxygens (including phenoxy) is 1. The van der Waals surface area contributed by atoms with E-state index >= 15 is 0 Å². The van der Waals surface area contributed by atoms with Crippen LogP contribution in [0.1, 0.15) is 24.1 Å². The standard InChI is InChI=1S/C15H15BrClNO/c1-2-19-14-5-3-4-10(8-14)15(18)11-6-12(16)9-13(17)7-11/h3-9,15H,2,18H2,1H3. The Kier molecular flexibility index (Phi) is 4.86. The molecule has 0 aliphatic carbocycles. The molecule has 0 spiro atoms. The van der Waals surface area contributed by atoms with Gasteiger partial charge in [-0.2, -0.15) is 0 Å². The van der Waals surface area contributed by atoms with Gasteiger partial charge in [-0.05, 0) is 48.4 Å². The van der Waals surface area contributed by atoms with Gasteiger partial charge in [-0.25, -0.2) is 0 Å². The Morgan fingerprint density at radius 1 is 1.21 bits per heavy atom. The van der Waals surface area contributed by atoms with Gasteiger partial charge in [0.1, 0.15) is 5.75 Å². The Labute approximate surface area is 126 Å². The molecule has 1 atom stereocenters. The third kappa shape index (κ3) is 3.72. The molecule has 2 rings (SSSR count). The Hall–Kier alpha value is -1.03. The molecule has 1 unspecified atom stereocenters. The van der Waals surface area contributed by atoms with Gasteiger partial charge < -0.3 is 10.5 Å². The fraction of sp³-hybridized carbons (Fsp3) is 0.200. The number of hydrogen-bond acceptors (Lipinski definition) is 2. The third-order valence-corrected chi connectivity index (χ3v) is 3.45. The lowest BCUT2D eigenvalue weighted by Gasteiger charge is -2.14. The molecule has 2 aromatic carbocycles. The van der Waals surface area contributed by atoms with Crippen molar-refractivity contribution < 1.29 is 4.74 Å². The van der Waals surface area contributed by atoms with Crippen molar-refractivity contribution in [3.63, 3.8) is 0 Å². The molecule has 0 bridgehead atoms. The van der Waals surface area contributed by atoms with E-state index in [0.29, 0.717) is 11.6 Å². The second-order valence-electron chi connectivity index (χ2n) is 4.19. The van der Waals surface area contributed by atoms with E-state index in [1.54, 1.807) is 0 Å². The first-order valence-corrected chi connectivity index (χ1v) is 7.21. The van der Waals surface area contributed by atoms with Gasteiger partial charge in [0.25, 0.3) is 0 Å². The highest BCUT2D eigenvalue weighted by atomic mass is 79.9. The van der Waals surface area contributed by atoms with Crippen molar-refractivity contribution in [1.29, 1.82) is 0 Å². The first kappa shape index (κ1) is 14.4. The maximum absolute atomic E-state index is 6.28. The first-order chi connectivity index (χ1) is 9.10. The van der Waals surface area contributed by atoms with Crippen LogP contribution in [-0.4, -0.2) is 6.61 Å². The Morgan fingerprint density at radius 3 is 2.68 bits per heavy atom. The average molecular weight is 341 g/mol. The van der Waals surface area contributed by atoms with E-state index in [4.69, 9.17) is 22.1 Å². The zero-order chi connectivity index (χ0) is 13.8. The molecule has 0 amide bonds. The lowest BCUT2D eigenvalue weighted by molar-refractivity contribution is 0.340. The van der Waals surface area contributed by atoms with Gasteiger partial charge in [0.15, 0.2) is 0 Å². The summed E-state index contributed by atoms with van der Waals surface area (Å²) in [6, 6.07) is 13.3. The van der Waals surface area contributed by atoms with Gasteiger partial charge in [-0.3, -0.25) is 0 Å². The van der Waals surface area contributed by atoms with Gasteiger partial charge in [-0.1, -0.05) is 39.7 Å². The quantitative estimate of drug-likeness (QED) is 0.886. The van der Waals surface area contributed by atoms with Crippen LogP contribution in [-0.2, 0) is 0 Å². The van der Waals surface area contributed by atoms with Crippen LogP contribution in [0.2, 0.25) is 5.02 Å². The largest absolute Gasteiger partial charge is 0.494 e. The van der Waals surface area contributed by atoms with E-state index in [1.807, 2.05) is 49.4 Å². The van der Waals surface area contributed by atoms with Crippen LogP contribution in [0.4, 0.5) is 0 Å². The lowest BCUT2D eigenvalue weighted by atomic mass is 9.99. The van der Waals surface area contributed by atoms with Crippen molar-refractivity contribution in [2.24, 2.45) is 5.73 Å². The maximum atomic E-state index is 6.28. The molecule has 19 heavy (non-hydrogen) atoms. The van der Waals surface area contributed by atoms with Gasteiger partial charge in [0, 0.05) is 9.50 Å². The van der Waals surface area contributed by atoms with E-state index < -0.39 is 0 Å². The molecule has 0 aromatic heterocycles. The number of benzene rings is 2. The number of halogens is 2. The zero-order valence-corrected chi connectivity index (χ0v) is 12.9. The van der Waals surface area contributed by atoms with Crippen LogP contribution < -0.4 is 10.5 Å². The Bertz CT molecular complexity index is 554. The molecule has 100 valence electrons. The highest BCUT2D eigenvalue weighted by Gasteiger charge is 2.11. The van der Waals surface area contributed by atoms with Gasteiger partial charge in [0.2, 0.25) is 0 Å². The monoisotopic (exact) mass is 339 g/mol. The minimum Gasteiger partial charge on any atom is -0.494 e. The molecule has 0 radical (unpaired) electrons. The van der Waals surface area contributed by atoms with Crippen molar-refractivity contribution in [1.82, 2.24) is 0 Å². The van der Waals surface area contributed by atoms with Gasteiger partial charge in [-0.15, -0.1) is 0 Å². The average Bonchev–Trinajstić information content (AvgIpc) is 2.37. The predicted octanol–water partition coefficient (Wildman–Crippen LogP) is 4.55. The van der Waals surface area contributed by atoms with Crippen LogP contribution in [0.5, 0.6) is 5.75 Å². The molecule has 0 saturated heterocycles. The number of hydrogen-bond donors (Lipinski definition) is 1. The summed E-state index contributed by atoms with van der Waals surface area (Å²) in [4.78, 5) is 0. The zero-order valence-electron chi connectivity index (χ0n) is 10.6. The fourth-order valence-electron chi connectivity index (χ4n) is 1.91. The third-order valence-electron chi connectivity index (χ3n) is 2.77. The molecule has 0 aliphatic heterocycles. The molecular formula is C15H15BrClNO. The minimum atomic E-state index is -0.226. The molecule has 2 nitrogen and oxygen atoms in total. The molecule has 0 saturated carbocycles. The summed E-state index contributed by atoms with van der Waals surface area (Å²) in [5, 5.41) is 0.667. The summed E-state index contributed by atoms with van der Waals surface area (Å²) >= 11 is 9.48. The van der Waals surface area contributed by atoms with Crippen molar-refractivity contribution in [3.8, 4) is 5.75 Å². The second kappa shape index (κ2) is 6.42. The summed E-state index contributed by atoms with van der Waals surface area (Å²) in [6.07, 6.45) is 0.